The fraction of sp³-hybridized carbons (Fsp3) is 0.300. The molecule has 0 aliphatic carbocycles. The average molecular weight is 406 g/mol. The highest BCUT2D eigenvalue weighted by Crippen LogP contribution is 2.25. The zero-order valence-corrected chi connectivity index (χ0v) is 16.8. The molecule has 1 fully saturated rings. The van der Waals surface area contributed by atoms with E-state index in [-0.39, 0.29) is 10.8 Å². The summed E-state index contributed by atoms with van der Waals surface area (Å²) in [4.78, 5) is 0.564. The first-order chi connectivity index (χ1) is 12.8. The van der Waals surface area contributed by atoms with Gasteiger partial charge in [-0.1, -0.05) is 42.0 Å². The molecule has 1 saturated heterocycles. The molecular weight excluding hydrogens is 382 g/mol. The summed E-state index contributed by atoms with van der Waals surface area (Å²) >= 11 is 0. The van der Waals surface area contributed by atoms with Crippen LogP contribution in [0.1, 0.15) is 18.4 Å². The fourth-order valence-corrected chi connectivity index (χ4v) is 5.66. The molecule has 0 amide bonds. The standard InChI is InChI=1S/C20H23NO4S2/c1-17-7-9-20(10-8-17)27(24,25)21-14-11-18(12-15-21)13-16-26(22,23)19-5-3-2-4-6-19/h2-10,13,16,18H,11-12,14-15H2,1H3/b16-13+. The Bertz CT molecular complexity index is 1000. The lowest BCUT2D eigenvalue weighted by atomic mass is 9.99. The predicted molar refractivity (Wildman–Crippen MR) is 105 cm³/mol. The second-order valence-electron chi connectivity index (χ2n) is 6.74. The van der Waals surface area contributed by atoms with E-state index in [9.17, 15) is 16.8 Å². The number of aryl methyl sites for hydroxylation is 1. The second-order valence-corrected chi connectivity index (χ2v) is 10.5. The van der Waals surface area contributed by atoms with Crippen molar-refractivity contribution >= 4 is 19.9 Å². The Balaban J connectivity index is 1.64. The molecule has 0 radical (unpaired) electrons. The molecule has 0 N–H and O–H groups in total. The minimum absolute atomic E-state index is 0.0490. The minimum atomic E-state index is -3.50. The predicted octanol–water partition coefficient (Wildman–Crippen LogP) is 3.38. The molecule has 3 rings (SSSR count). The molecule has 7 heteroatoms. The van der Waals surface area contributed by atoms with Gasteiger partial charge in [-0.2, -0.15) is 4.31 Å². The second kappa shape index (κ2) is 7.96. The number of benzene rings is 2. The third-order valence-corrected chi connectivity index (χ3v) is 8.12. The highest BCUT2D eigenvalue weighted by molar-refractivity contribution is 7.94. The summed E-state index contributed by atoms with van der Waals surface area (Å²) in [6, 6.07) is 15.1. The lowest BCUT2D eigenvalue weighted by molar-refractivity contribution is 0.306. The number of hydrogen-bond acceptors (Lipinski definition) is 4. The summed E-state index contributed by atoms with van der Waals surface area (Å²) in [6.45, 7) is 2.69. The van der Waals surface area contributed by atoms with Gasteiger partial charge in [-0.25, -0.2) is 16.8 Å². The van der Waals surface area contributed by atoms with Gasteiger partial charge < -0.3 is 0 Å². The van der Waals surface area contributed by atoms with Crippen LogP contribution in [0.3, 0.4) is 0 Å². The lowest BCUT2D eigenvalue weighted by Crippen LogP contribution is -2.38. The number of sulfone groups is 1. The molecule has 2 aromatic rings. The van der Waals surface area contributed by atoms with Gasteiger partial charge in [-0.3, -0.25) is 0 Å². The highest BCUT2D eigenvalue weighted by Gasteiger charge is 2.28. The van der Waals surface area contributed by atoms with Gasteiger partial charge in [0.1, 0.15) is 0 Å². The largest absolute Gasteiger partial charge is 0.243 e. The van der Waals surface area contributed by atoms with E-state index < -0.39 is 19.9 Å². The molecule has 0 spiro atoms. The topological polar surface area (TPSA) is 71.5 Å². The Morgan fingerprint density at radius 2 is 1.44 bits per heavy atom. The van der Waals surface area contributed by atoms with Crippen molar-refractivity contribution in [2.24, 2.45) is 5.92 Å². The van der Waals surface area contributed by atoms with Crippen LogP contribution in [0.2, 0.25) is 0 Å². The Kier molecular flexibility index (Phi) is 5.83. The summed E-state index contributed by atoms with van der Waals surface area (Å²) in [7, 11) is -6.96. The maximum absolute atomic E-state index is 12.7. The number of rotatable bonds is 5. The molecule has 2 aromatic carbocycles. The average Bonchev–Trinajstić information content (AvgIpc) is 2.68. The quantitative estimate of drug-likeness (QED) is 0.764. The van der Waals surface area contributed by atoms with Gasteiger partial charge in [0.25, 0.3) is 0 Å². The third-order valence-electron chi connectivity index (χ3n) is 4.76. The van der Waals surface area contributed by atoms with Crippen molar-refractivity contribution in [1.82, 2.24) is 4.31 Å². The Morgan fingerprint density at radius 1 is 0.852 bits per heavy atom. The third kappa shape index (κ3) is 4.66. The molecule has 0 bridgehead atoms. The molecule has 0 atom stereocenters. The minimum Gasteiger partial charge on any atom is -0.219 e. The van der Waals surface area contributed by atoms with Gasteiger partial charge in [0, 0.05) is 18.5 Å². The first-order valence-electron chi connectivity index (χ1n) is 8.84. The maximum atomic E-state index is 12.7. The van der Waals surface area contributed by atoms with E-state index in [0.717, 1.165) is 5.56 Å². The molecule has 0 aromatic heterocycles. The number of nitrogens with zero attached hydrogens (tertiary/aromatic N) is 1. The fourth-order valence-electron chi connectivity index (χ4n) is 3.07. The van der Waals surface area contributed by atoms with E-state index >= 15 is 0 Å². The van der Waals surface area contributed by atoms with Gasteiger partial charge in [0.05, 0.1) is 9.79 Å². The summed E-state index contributed by atoms with van der Waals surface area (Å²) in [5.74, 6) is 0.0490. The van der Waals surface area contributed by atoms with Gasteiger partial charge in [-0.15, -0.1) is 0 Å². The van der Waals surface area contributed by atoms with Crippen LogP contribution in [-0.2, 0) is 19.9 Å². The van der Waals surface area contributed by atoms with Gasteiger partial charge in [-0.05, 0) is 49.9 Å². The van der Waals surface area contributed by atoms with Gasteiger partial charge >= 0.3 is 0 Å². The van der Waals surface area contributed by atoms with Crippen molar-refractivity contribution in [1.29, 1.82) is 0 Å². The number of sulfonamides is 1. The summed E-state index contributed by atoms with van der Waals surface area (Å²) in [6.07, 6.45) is 2.90. The number of piperidine rings is 1. The van der Waals surface area contributed by atoms with Crippen LogP contribution in [0.25, 0.3) is 0 Å². The SMILES string of the molecule is Cc1ccc(S(=O)(=O)N2CCC(/C=C/S(=O)(=O)c3ccccc3)CC2)cc1. The van der Waals surface area contributed by atoms with E-state index in [0.29, 0.717) is 30.8 Å². The van der Waals surface area contributed by atoms with Crippen LogP contribution in [0.15, 0.2) is 75.9 Å². The molecular formula is C20H23NO4S2. The zero-order chi connectivity index (χ0) is 19.5. The maximum Gasteiger partial charge on any atom is 0.243 e. The molecule has 1 heterocycles. The van der Waals surface area contributed by atoms with Crippen molar-refractivity contribution in [3.05, 3.63) is 71.6 Å². The van der Waals surface area contributed by atoms with Crippen LogP contribution in [0.5, 0.6) is 0 Å². The Labute approximate surface area is 161 Å². The van der Waals surface area contributed by atoms with Crippen molar-refractivity contribution in [3.8, 4) is 0 Å². The lowest BCUT2D eigenvalue weighted by Gasteiger charge is -2.29. The Morgan fingerprint density at radius 3 is 2.04 bits per heavy atom. The first kappa shape index (κ1) is 19.8. The van der Waals surface area contributed by atoms with E-state index in [4.69, 9.17) is 0 Å². The normalized spacial score (nSPS) is 17.4. The summed E-state index contributed by atoms with van der Waals surface area (Å²) < 4.78 is 51.6. The summed E-state index contributed by atoms with van der Waals surface area (Å²) in [5.41, 5.74) is 1.01. The number of hydrogen-bond donors (Lipinski definition) is 0. The van der Waals surface area contributed by atoms with Crippen LogP contribution in [-0.4, -0.2) is 34.2 Å². The van der Waals surface area contributed by atoms with Crippen molar-refractivity contribution in [2.75, 3.05) is 13.1 Å². The van der Waals surface area contributed by atoms with E-state index in [1.54, 1.807) is 60.7 Å². The van der Waals surface area contributed by atoms with E-state index in [1.807, 2.05) is 6.92 Å². The molecule has 0 saturated carbocycles. The van der Waals surface area contributed by atoms with E-state index in [1.165, 1.54) is 9.71 Å². The van der Waals surface area contributed by atoms with E-state index in [2.05, 4.69) is 0 Å². The molecule has 1 aliphatic heterocycles. The highest BCUT2D eigenvalue weighted by atomic mass is 32.2. The molecule has 1 aliphatic rings. The van der Waals surface area contributed by atoms with Crippen molar-refractivity contribution in [2.45, 2.75) is 29.6 Å². The monoisotopic (exact) mass is 405 g/mol. The molecule has 5 nitrogen and oxygen atoms in total. The van der Waals surface area contributed by atoms with Gasteiger partial charge in [0.2, 0.25) is 10.0 Å². The van der Waals surface area contributed by atoms with Crippen LogP contribution >= 0.6 is 0 Å². The zero-order valence-electron chi connectivity index (χ0n) is 15.2. The van der Waals surface area contributed by atoms with Crippen molar-refractivity contribution in [3.63, 3.8) is 0 Å². The summed E-state index contributed by atoms with van der Waals surface area (Å²) in [5, 5.41) is 1.25. The molecule has 27 heavy (non-hydrogen) atoms. The van der Waals surface area contributed by atoms with Crippen LogP contribution < -0.4 is 0 Å². The van der Waals surface area contributed by atoms with Crippen LogP contribution in [0, 0.1) is 12.8 Å². The van der Waals surface area contributed by atoms with Crippen LogP contribution in [0.4, 0.5) is 0 Å². The smallest absolute Gasteiger partial charge is 0.219 e. The number of allylic oxidation sites excluding steroid dienone is 1. The molecule has 0 unspecified atom stereocenters. The van der Waals surface area contributed by atoms with Gasteiger partial charge in [0.15, 0.2) is 9.84 Å². The first-order valence-corrected chi connectivity index (χ1v) is 11.8. The Hall–Kier alpha value is -1.96. The van der Waals surface area contributed by atoms with Crippen molar-refractivity contribution < 1.29 is 16.8 Å². The molecule has 144 valence electrons.